The van der Waals surface area contributed by atoms with Crippen molar-refractivity contribution in [3.63, 3.8) is 0 Å². The van der Waals surface area contributed by atoms with E-state index in [1.807, 2.05) is 12.1 Å². The van der Waals surface area contributed by atoms with Gasteiger partial charge in [-0.2, -0.15) is 0 Å². The van der Waals surface area contributed by atoms with Crippen LogP contribution >= 0.6 is 0 Å². The van der Waals surface area contributed by atoms with E-state index in [0.717, 1.165) is 24.8 Å². The number of amides is 2. The van der Waals surface area contributed by atoms with Gasteiger partial charge in [0.2, 0.25) is 11.8 Å². The lowest BCUT2D eigenvalue weighted by atomic mass is 10.00. The van der Waals surface area contributed by atoms with Crippen LogP contribution in [0.1, 0.15) is 31.7 Å². The van der Waals surface area contributed by atoms with Crippen LogP contribution in [0.25, 0.3) is 0 Å². The molecule has 2 amide bonds. The lowest BCUT2D eigenvalue weighted by Gasteiger charge is -2.17. The Balaban J connectivity index is 1.64. The Morgan fingerprint density at radius 3 is 2.19 bits per heavy atom. The monoisotopic (exact) mass is 287 g/mol. The molecular formula is C17H21NO3. The van der Waals surface area contributed by atoms with Crippen molar-refractivity contribution < 1.29 is 14.7 Å². The molecular weight excluding hydrogens is 266 g/mol. The summed E-state index contributed by atoms with van der Waals surface area (Å²) < 4.78 is 0. The van der Waals surface area contributed by atoms with Gasteiger partial charge in [-0.25, -0.2) is 0 Å². The maximum Gasteiger partial charge on any atom is 0.233 e. The predicted octanol–water partition coefficient (Wildman–Crippen LogP) is 2.36. The Kier molecular flexibility index (Phi) is 3.70. The summed E-state index contributed by atoms with van der Waals surface area (Å²) in [5.41, 5.74) is 1.02. The van der Waals surface area contributed by atoms with Gasteiger partial charge in [-0.15, -0.1) is 0 Å². The molecule has 0 aromatic heterocycles. The SMILES string of the molecule is CCC1CC2C(=O)N(CCc3ccc(O)cc3)C(=O)C2C1. The van der Waals surface area contributed by atoms with E-state index in [0.29, 0.717) is 18.9 Å². The maximum absolute atomic E-state index is 12.4. The molecule has 21 heavy (non-hydrogen) atoms. The molecule has 4 heteroatoms. The lowest BCUT2D eigenvalue weighted by molar-refractivity contribution is -0.140. The molecule has 1 aromatic carbocycles. The van der Waals surface area contributed by atoms with Crippen molar-refractivity contribution in [2.75, 3.05) is 6.54 Å². The van der Waals surface area contributed by atoms with Gasteiger partial charge in [-0.05, 0) is 42.9 Å². The van der Waals surface area contributed by atoms with Crippen molar-refractivity contribution in [3.05, 3.63) is 29.8 Å². The number of benzene rings is 1. The van der Waals surface area contributed by atoms with E-state index >= 15 is 0 Å². The van der Waals surface area contributed by atoms with Crippen molar-refractivity contribution in [2.45, 2.75) is 32.6 Å². The molecule has 0 bridgehead atoms. The van der Waals surface area contributed by atoms with Crippen LogP contribution in [-0.2, 0) is 16.0 Å². The smallest absolute Gasteiger partial charge is 0.233 e. The van der Waals surface area contributed by atoms with Gasteiger partial charge in [0.25, 0.3) is 0 Å². The van der Waals surface area contributed by atoms with Crippen LogP contribution < -0.4 is 0 Å². The number of carbonyl (C=O) groups is 2. The lowest BCUT2D eigenvalue weighted by Crippen LogP contribution is -2.34. The summed E-state index contributed by atoms with van der Waals surface area (Å²) in [6.07, 6.45) is 3.46. The summed E-state index contributed by atoms with van der Waals surface area (Å²) in [5.74, 6) is 0.684. The number of likely N-dealkylation sites (tertiary alicyclic amines) is 1. The summed E-state index contributed by atoms with van der Waals surface area (Å²) in [5, 5.41) is 9.26. The zero-order valence-electron chi connectivity index (χ0n) is 12.3. The first-order valence-corrected chi connectivity index (χ1v) is 7.73. The standard InChI is InChI=1S/C17H21NO3/c1-2-11-9-14-15(10-11)17(21)18(16(14)20)8-7-12-3-5-13(19)6-4-12/h3-6,11,14-15,19H,2,7-10H2,1H3. The molecule has 2 atom stereocenters. The fourth-order valence-corrected chi connectivity index (χ4v) is 3.66. The fourth-order valence-electron chi connectivity index (χ4n) is 3.66. The minimum Gasteiger partial charge on any atom is -0.508 e. The third-order valence-corrected chi connectivity index (χ3v) is 4.96. The molecule has 2 aliphatic rings. The highest BCUT2D eigenvalue weighted by Crippen LogP contribution is 2.44. The van der Waals surface area contributed by atoms with Gasteiger partial charge in [0.15, 0.2) is 0 Å². The third-order valence-electron chi connectivity index (χ3n) is 4.96. The highest BCUT2D eigenvalue weighted by atomic mass is 16.3. The van der Waals surface area contributed by atoms with Gasteiger partial charge in [-0.1, -0.05) is 25.5 Å². The van der Waals surface area contributed by atoms with Gasteiger partial charge < -0.3 is 5.11 Å². The average Bonchev–Trinajstić information content (AvgIpc) is 3.00. The molecule has 1 aliphatic heterocycles. The van der Waals surface area contributed by atoms with E-state index in [-0.39, 0.29) is 29.4 Å². The number of hydrogen-bond acceptors (Lipinski definition) is 3. The molecule has 2 unspecified atom stereocenters. The van der Waals surface area contributed by atoms with E-state index in [2.05, 4.69) is 6.92 Å². The van der Waals surface area contributed by atoms with E-state index < -0.39 is 0 Å². The number of aromatic hydroxyl groups is 1. The molecule has 1 aromatic rings. The normalized spacial score (nSPS) is 28.2. The molecule has 4 nitrogen and oxygen atoms in total. The van der Waals surface area contributed by atoms with Crippen LogP contribution in [0.3, 0.4) is 0 Å². The molecule has 3 rings (SSSR count). The van der Waals surface area contributed by atoms with Crippen molar-refractivity contribution in [3.8, 4) is 5.75 Å². The van der Waals surface area contributed by atoms with Crippen LogP contribution in [0.5, 0.6) is 5.75 Å². The minimum absolute atomic E-state index is 0.0275. The van der Waals surface area contributed by atoms with Crippen LogP contribution in [0, 0.1) is 17.8 Å². The number of phenolic OH excluding ortho intramolecular Hbond substituents is 1. The zero-order valence-corrected chi connectivity index (χ0v) is 12.3. The number of hydrogen-bond donors (Lipinski definition) is 1. The van der Waals surface area contributed by atoms with Gasteiger partial charge >= 0.3 is 0 Å². The Hall–Kier alpha value is -1.84. The van der Waals surface area contributed by atoms with Crippen molar-refractivity contribution in [2.24, 2.45) is 17.8 Å². The second-order valence-electron chi connectivity index (χ2n) is 6.20. The molecule has 2 fully saturated rings. The van der Waals surface area contributed by atoms with Gasteiger partial charge in [-0.3, -0.25) is 14.5 Å². The largest absolute Gasteiger partial charge is 0.508 e. The van der Waals surface area contributed by atoms with E-state index in [9.17, 15) is 14.7 Å². The highest BCUT2D eigenvalue weighted by molar-refractivity contribution is 6.05. The first-order chi connectivity index (χ1) is 10.1. The number of phenols is 1. The summed E-state index contributed by atoms with van der Waals surface area (Å²) >= 11 is 0. The van der Waals surface area contributed by atoms with Crippen LogP contribution in [0.4, 0.5) is 0 Å². The molecule has 1 aliphatic carbocycles. The van der Waals surface area contributed by atoms with E-state index in [4.69, 9.17) is 0 Å². The number of rotatable bonds is 4. The fraction of sp³-hybridized carbons (Fsp3) is 0.529. The van der Waals surface area contributed by atoms with Crippen LogP contribution in [0.2, 0.25) is 0 Å². The van der Waals surface area contributed by atoms with Crippen molar-refractivity contribution in [1.29, 1.82) is 0 Å². The number of carbonyl (C=O) groups excluding carboxylic acids is 2. The quantitative estimate of drug-likeness (QED) is 0.865. The first kappa shape index (κ1) is 14.1. The molecule has 1 N–H and O–H groups in total. The first-order valence-electron chi connectivity index (χ1n) is 7.73. The highest BCUT2D eigenvalue weighted by Gasteiger charge is 2.51. The minimum atomic E-state index is -0.0673. The Bertz CT molecular complexity index is 528. The summed E-state index contributed by atoms with van der Waals surface area (Å²) in [6.45, 7) is 2.58. The number of fused-ring (bicyclic) bond motifs is 1. The van der Waals surface area contributed by atoms with Crippen molar-refractivity contribution in [1.82, 2.24) is 4.90 Å². The molecule has 112 valence electrons. The number of nitrogens with zero attached hydrogens (tertiary/aromatic N) is 1. The molecule has 1 heterocycles. The molecule has 1 saturated heterocycles. The molecule has 0 spiro atoms. The average molecular weight is 287 g/mol. The topological polar surface area (TPSA) is 57.6 Å². The Labute approximate surface area is 124 Å². The van der Waals surface area contributed by atoms with Crippen molar-refractivity contribution >= 4 is 11.8 Å². The summed E-state index contributed by atoms with van der Waals surface area (Å²) in [7, 11) is 0. The van der Waals surface area contributed by atoms with E-state index in [1.54, 1.807) is 12.1 Å². The number of imide groups is 1. The van der Waals surface area contributed by atoms with Crippen LogP contribution in [-0.4, -0.2) is 28.4 Å². The van der Waals surface area contributed by atoms with Gasteiger partial charge in [0, 0.05) is 6.54 Å². The zero-order chi connectivity index (χ0) is 15.0. The Morgan fingerprint density at radius 1 is 1.10 bits per heavy atom. The second kappa shape index (κ2) is 5.51. The van der Waals surface area contributed by atoms with E-state index in [1.165, 1.54) is 4.90 Å². The second-order valence-corrected chi connectivity index (χ2v) is 6.20. The molecule has 1 saturated carbocycles. The Morgan fingerprint density at radius 2 is 1.67 bits per heavy atom. The predicted molar refractivity (Wildman–Crippen MR) is 78.5 cm³/mol. The van der Waals surface area contributed by atoms with Gasteiger partial charge in [0.1, 0.15) is 5.75 Å². The summed E-state index contributed by atoms with van der Waals surface area (Å²) in [6, 6.07) is 6.91. The third kappa shape index (κ3) is 2.55. The maximum atomic E-state index is 12.4. The van der Waals surface area contributed by atoms with Gasteiger partial charge in [0.05, 0.1) is 11.8 Å². The summed E-state index contributed by atoms with van der Waals surface area (Å²) in [4.78, 5) is 26.3. The molecule has 0 radical (unpaired) electrons. The van der Waals surface area contributed by atoms with Crippen LogP contribution in [0.15, 0.2) is 24.3 Å².